The highest BCUT2D eigenvalue weighted by Gasteiger charge is 2.35. The molecule has 1 aliphatic carbocycles. The van der Waals surface area contributed by atoms with Crippen LogP contribution in [0.1, 0.15) is 27.7 Å². The Hall–Kier alpha value is -0.383. The lowest BCUT2D eigenvalue weighted by molar-refractivity contribution is 0.204. The molecule has 0 fully saturated rings. The van der Waals surface area contributed by atoms with Crippen LogP contribution in [-0.4, -0.2) is 28.5 Å². The van der Waals surface area contributed by atoms with Crippen molar-refractivity contribution >= 4 is 8.24 Å². The van der Waals surface area contributed by atoms with Crippen molar-refractivity contribution in [1.82, 2.24) is 4.98 Å². The van der Waals surface area contributed by atoms with Crippen LogP contribution in [0, 0.1) is 5.92 Å². The van der Waals surface area contributed by atoms with E-state index in [1.807, 2.05) is 0 Å². The first-order valence-corrected chi connectivity index (χ1v) is 9.46. The molecule has 0 saturated heterocycles. The second-order valence-corrected chi connectivity index (χ2v) is 9.76. The average molecular weight is 253 g/mol. The highest BCUT2D eigenvalue weighted by Crippen LogP contribution is 2.40. The summed E-state index contributed by atoms with van der Waals surface area (Å²) in [6.45, 7) is 15.7. The lowest BCUT2D eigenvalue weighted by atomic mass is 10.1. The highest BCUT2D eigenvalue weighted by atomic mass is 28.3. The van der Waals surface area contributed by atoms with Gasteiger partial charge in [0.25, 0.3) is 0 Å². The van der Waals surface area contributed by atoms with Crippen LogP contribution in [0.15, 0.2) is 21.9 Å². The van der Waals surface area contributed by atoms with Crippen LogP contribution in [0.25, 0.3) is 0 Å². The fraction of sp³-hybridized carbons (Fsp3) is 0.714. The molecule has 2 nitrogen and oxygen atoms in total. The van der Waals surface area contributed by atoms with Crippen LogP contribution in [0.5, 0.6) is 0 Å². The Morgan fingerprint density at radius 1 is 1.18 bits per heavy atom. The van der Waals surface area contributed by atoms with E-state index in [1.165, 1.54) is 11.1 Å². The van der Waals surface area contributed by atoms with Gasteiger partial charge >= 0.3 is 0 Å². The monoisotopic (exact) mass is 253 g/mol. The van der Waals surface area contributed by atoms with Crippen molar-refractivity contribution in [3.8, 4) is 0 Å². The largest absolute Gasteiger partial charge is 0.383 e. The van der Waals surface area contributed by atoms with E-state index in [1.54, 1.807) is 17.9 Å². The van der Waals surface area contributed by atoms with Crippen molar-refractivity contribution in [3.63, 3.8) is 0 Å². The fourth-order valence-corrected chi connectivity index (χ4v) is 6.28. The van der Waals surface area contributed by atoms with E-state index in [-0.39, 0.29) is 0 Å². The van der Waals surface area contributed by atoms with Crippen LogP contribution in [-0.2, 0) is 4.74 Å². The predicted molar refractivity (Wildman–Crippen MR) is 77.6 cm³/mol. The lowest BCUT2D eigenvalue weighted by Gasteiger charge is -2.30. The minimum Gasteiger partial charge on any atom is -0.383 e. The summed E-state index contributed by atoms with van der Waals surface area (Å²) >= 11 is 0. The lowest BCUT2D eigenvalue weighted by Crippen LogP contribution is -2.49. The number of ether oxygens (including phenoxy) is 1. The maximum Gasteiger partial charge on any atom is 0.148 e. The van der Waals surface area contributed by atoms with Gasteiger partial charge in [-0.2, -0.15) is 0 Å². The average Bonchev–Trinajstić information content (AvgIpc) is 2.44. The van der Waals surface area contributed by atoms with E-state index in [2.05, 4.69) is 45.8 Å². The molecule has 0 saturated carbocycles. The number of nitrogens with one attached hydrogen (secondary N) is 1. The molecule has 0 aromatic heterocycles. The Labute approximate surface area is 107 Å². The predicted octanol–water partition coefficient (Wildman–Crippen LogP) is 3.27. The molecule has 1 rings (SSSR count). The third-order valence-corrected chi connectivity index (χ3v) is 7.48. The highest BCUT2D eigenvalue weighted by molar-refractivity contribution is 6.82. The third-order valence-electron chi connectivity index (χ3n) is 4.19. The molecule has 1 N–H and O–H groups in total. The maximum absolute atomic E-state index is 5.13. The molecule has 3 heteroatoms. The van der Waals surface area contributed by atoms with Crippen molar-refractivity contribution in [2.75, 3.05) is 20.3 Å². The summed E-state index contributed by atoms with van der Waals surface area (Å²) in [4.78, 5) is 3.73. The van der Waals surface area contributed by atoms with Crippen LogP contribution in [0.3, 0.4) is 0 Å². The quantitative estimate of drug-likeness (QED) is 0.600. The second-order valence-electron chi connectivity index (χ2n) is 5.61. The molecule has 0 spiro atoms. The van der Waals surface area contributed by atoms with E-state index < -0.39 is 8.24 Å². The second kappa shape index (κ2) is 5.51. The first-order valence-electron chi connectivity index (χ1n) is 6.46. The van der Waals surface area contributed by atoms with Gasteiger partial charge in [0.05, 0.1) is 6.61 Å². The zero-order valence-electron chi connectivity index (χ0n) is 12.4. The normalized spacial score (nSPS) is 21.7. The summed E-state index contributed by atoms with van der Waals surface area (Å²) in [5, 5.41) is 1.67. The van der Waals surface area contributed by atoms with Crippen molar-refractivity contribution in [2.45, 2.75) is 40.8 Å². The molecular formula is C14H27NOSi. The summed E-state index contributed by atoms with van der Waals surface area (Å²) in [6.07, 6.45) is 0. The molecular weight excluding hydrogens is 226 g/mol. The molecule has 0 heterocycles. The summed E-state index contributed by atoms with van der Waals surface area (Å²) in [5.41, 5.74) is 4.57. The van der Waals surface area contributed by atoms with Crippen molar-refractivity contribution in [1.29, 1.82) is 0 Å². The number of hydrogen-bond acceptors (Lipinski definition) is 2. The SMILES string of the molecule is COCCN[Si](C)(C)C1=C(C)C(C)=C(C)C1C. The zero-order valence-corrected chi connectivity index (χ0v) is 13.4. The van der Waals surface area contributed by atoms with Crippen LogP contribution in [0.4, 0.5) is 0 Å². The van der Waals surface area contributed by atoms with E-state index >= 15 is 0 Å². The van der Waals surface area contributed by atoms with Gasteiger partial charge in [-0.05, 0) is 32.3 Å². The summed E-state index contributed by atoms with van der Waals surface area (Å²) in [7, 11) is 0.249. The van der Waals surface area contributed by atoms with E-state index in [0.717, 1.165) is 13.2 Å². The number of allylic oxidation sites excluding steroid dienone is 4. The van der Waals surface area contributed by atoms with Gasteiger partial charge in [0.2, 0.25) is 0 Å². The standard InChI is InChI=1S/C14H27NOSi/c1-10-11(2)13(4)14(12(10)3)17(6,7)15-8-9-16-5/h12,15H,8-9H2,1-7H3. The smallest absolute Gasteiger partial charge is 0.148 e. The Kier molecular flexibility index (Phi) is 4.75. The Morgan fingerprint density at radius 2 is 1.76 bits per heavy atom. The molecule has 1 aliphatic rings. The number of hydrogen-bond donors (Lipinski definition) is 1. The Morgan fingerprint density at radius 3 is 2.18 bits per heavy atom. The van der Waals surface area contributed by atoms with Gasteiger partial charge in [0.1, 0.15) is 8.24 Å². The minimum absolute atomic E-state index is 0.617. The molecule has 1 unspecified atom stereocenters. The van der Waals surface area contributed by atoms with E-state index in [4.69, 9.17) is 4.74 Å². The van der Waals surface area contributed by atoms with Gasteiger partial charge in [-0.3, -0.25) is 0 Å². The molecule has 0 radical (unpaired) electrons. The molecule has 0 bridgehead atoms. The van der Waals surface area contributed by atoms with Gasteiger partial charge in [-0.25, -0.2) is 0 Å². The van der Waals surface area contributed by atoms with E-state index in [9.17, 15) is 0 Å². The first-order chi connectivity index (χ1) is 7.83. The third kappa shape index (κ3) is 2.90. The summed E-state index contributed by atoms with van der Waals surface area (Å²) in [5.74, 6) is 0.617. The van der Waals surface area contributed by atoms with Crippen LogP contribution < -0.4 is 4.98 Å². The van der Waals surface area contributed by atoms with Crippen molar-refractivity contribution < 1.29 is 4.74 Å². The van der Waals surface area contributed by atoms with Crippen LogP contribution in [0.2, 0.25) is 13.1 Å². The fourth-order valence-electron chi connectivity index (χ4n) is 2.93. The Balaban J connectivity index is 2.86. The molecule has 0 aromatic carbocycles. The van der Waals surface area contributed by atoms with E-state index in [0.29, 0.717) is 5.92 Å². The number of rotatable bonds is 5. The summed E-state index contributed by atoms with van der Waals surface area (Å²) in [6, 6.07) is 0. The first kappa shape index (κ1) is 14.7. The maximum atomic E-state index is 5.13. The zero-order chi connectivity index (χ0) is 13.2. The van der Waals surface area contributed by atoms with Crippen LogP contribution >= 0.6 is 0 Å². The molecule has 1 atom stereocenters. The van der Waals surface area contributed by atoms with Gasteiger partial charge in [0.15, 0.2) is 0 Å². The van der Waals surface area contributed by atoms with Gasteiger partial charge in [-0.1, -0.05) is 36.4 Å². The molecule has 98 valence electrons. The van der Waals surface area contributed by atoms with Crippen molar-refractivity contribution in [2.24, 2.45) is 5.92 Å². The minimum atomic E-state index is -1.51. The summed E-state index contributed by atoms with van der Waals surface area (Å²) < 4.78 is 5.13. The van der Waals surface area contributed by atoms with Gasteiger partial charge in [0, 0.05) is 13.7 Å². The van der Waals surface area contributed by atoms with Gasteiger partial charge in [-0.15, -0.1) is 0 Å². The molecule has 0 aliphatic heterocycles. The molecule has 0 aromatic rings. The number of methoxy groups -OCH3 is 1. The van der Waals surface area contributed by atoms with Crippen molar-refractivity contribution in [3.05, 3.63) is 21.9 Å². The molecule has 0 amide bonds. The van der Waals surface area contributed by atoms with Gasteiger partial charge < -0.3 is 9.72 Å². The molecule has 17 heavy (non-hydrogen) atoms. The topological polar surface area (TPSA) is 21.3 Å². The Bertz CT molecular complexity index is 355.